The molecule has 0 spiro atoms. The molecule has 0 bridgehead atoms. The summed E-state index contributed by atoms with van der Waals surface area (Å²) in [6.07, 6.45) is 0.894. The number of amides is 2. The molecule has 1 atom stereocenters. The smallest absolute Gasteiger partial charge is 0.352 e. The van der Waals surface area contributed by atoms with Crippen LogP contribution in [0.15, 0.2) is 78.9 Å². The lowest BCUT2D eigenvalue weighted by Gasteiger charge is -2.35. The largest absolute Gasteiger partial charge is 0.416 e. The van der Waals surface area contributed by atoms with Crippen molar-refractivity contribution in [1.82, 2.24) is 10.2 Å². The van der Waals surface area contributed by atoms with Gasteiger partial charge < -0.3 is 10.2 Å². The fourth-order valence-corrected chi connectivity index (χ4v) is 6.30. The number of carbonyl (C=O) groups excluding carboxylic acids is 2. The number of rotatable bonds is 11. The van der Waals surface area contributed by atoms with E-state index in [4.69, 9.17) is 11.6 Å². The molecule has 12 heteroatoms. The van der Waals surface area contributed by atoms with E-state index in [9.17, 15) is 31.2 Å². The molecule has 3 aromatic carbocycles. The van der Waals surface area contributed by atoms with E-state index in [1.54, 1.807) is 24.3 Å². The van der Waals surface area contributed by atoms with Crippen LogP contribution in [-0.2, 0) is 38.8 Å². The fourth-order valence-electron chi connectivity index (χ4n) is 5.34. The summed E-state index contributed by atoms with van der Waals surface area (Å²) >= 11 is 6.07. The lowest BCUT2D eigenvalue weighted by atomic mass is 9.94. The fraction of sp³-hybridized carbons (Fsp3) is 0.375. The maximum Gasteiger partial charge on any atom is 0.416 e. The lowest BCUT2D eigenvalue weighted by molar-refractivity contribution is -0.140. The van der Waals surface area contributed by atoms with Crippen LogP contribution in [0.3, 0.4) is 0 Å². The van der Waals surface area contributed by atoms with E-state index in [0.29, 0.717) is 21.0 Å². The second-order valence-electron chi connectivity index (χ2n) is 11.0. The highest BCUT2D eigenvalue weighted by Gasteiger charge is 2.35. The molecule has 1 fully saturated rings. The molecule has 1 saturated carbocycles. The number of sulfonamides is 1. The van der Waals surface area contributed by atoms with Crippen LogP contribution < -0.4 is 9.62 Å². The van der Waals surface area contributed by atoms with Crippen molar-refractivity contribution in [2.24, 2.45) is 0 Å². The second kappa shape index (κ2) is 14.5. The summed E-state index contributed by atoms with van der Waals surface area (Å²) in [5.74, 6) is -1.13. The zero-order valence-electron chi connectivity index (χ0n) is 24.3. The minimum Gasteiger partial charge on any atom is -0.352 e. The molecule has 44 heavy (non-hydrogen) atoms. The predicted octanol–water partition coefficient (Wildman–Crippen LogP) is 6.21. The first-order valence-electron chi connectivity index (χ1n) is 14.3. The molecule has 0 aromatic heterocycles. The highest BCUT2D eigenvalue weighted by atomic mass is 35.5. The van der Waals surface area contributed by atoms with Gasteiger partial charge in [-0.2, -0.15) is 13.2 Å². The Morgan fingerprint density at radius 2 is 1.59 bits per heavy atom. The number of anilines is 1. The molecule has 4 rings (SSSR count). The number of hydrogen-bond donors (Lipinski definition) is 1. The van der Waals surface area contributed by atoms with Crippen LogP contribution in [-0.4, -0.2) is 50.0 Å². The number of nitrogens with one attached hydrogen (secondary N) is 1. The number of hydrogen-bond acceptors (Lipinski definition) is 4. The molecular formula is C32H35ClF3N3O4S. The first kappa shape index (κ1) is 33.3. The van der Waals surface area contributed by atoms with Gasteiger partial charge in [-0.25, -0.2) is 8.42 Å². The highest BCUT2D eigenvalue weighted by molar-refractivity contribution is 7.92. The number of benzene rings is 3. The third kappa shape index (κ3) is 9.22. The Labute approximate surface area is 261 Å². The van der Waals surface area contributed by atoms with E-state index in [-0.39, 0.29) is 30.6 Å². The van der Waals surface area contributed by atoms with Crippen molar-refractivity contribution in [3.63, 3.8) is 0 Å². The average Bonchev–Trinajstić information content (AvgIpc) is 2.98. The van der Waals surface area contributed by atoms with Gasteiger partial charge in [-0.1, -0.05) is 79.4 Å². The molecule has 0 heterocycles. The summed E-state index contributed by atoms with van der Waals surface area (Å²) in [6.45, 7) is -0.873. The predicted molar refractivity (Wildman–Crippen MR) is 165 cm³/mol. The summed E-state index contributed by atoms with van der Waals surface area (Å²) in [5.41, 5.74) is 0.0515. The third-order valence-electron chi connectivity index (χ3n) is 7.63. The molecule has 3 aromatic rings. The number of alkyl halides is 3. The summed E-state index contributed by atoms with van der Waals surface area (Å²) in [5, 5.41) is 3.57. The van der Waals surface area contributed by atoms with Crippen molar-refractivity contribution in [3.8, 4) is 0 Å². The molecular weight excluding hydrogens is 615 g/mol. The van der Waals surface area contributed by atoms with Crippen molar-refractivity contribution in [2.45, 2.75) is 63.3 Å². The quantitative estimate of drug-likeness (QED) is 0.268. The van der Waals surface area contributed by atoms with Crippen molar-refractivity contribution in [3.05, 3.63) is 101 Å². The maximum absolute atomic E-state index is 14.1. The molecule has 236 valence electrons. The summed E-state index contributed by atoms with van der Waals surface area (Å²) < 4.78 is 66.9. The minimum atomic E-state index is -4.72. The van der Waals surface area contributed by atoms with E-state index < -0.39 is 40.3 Å². The third-order valence-corrected chi connectivity index (χ3v) is 9.02. The molecule has 1 N–H and O–H groups in total. The molecule has 0 unspecified atom stereocenters. The molecule has 0 radical (unpaired) electrons. The second-order valence-corrected chi connectivity index (χ2v) is 13.4. The standard InChI is InChI=1S/C32H35ClF3N3O4S/c1-44(42,43)39(28-14-8-11-25(20-28)32(34,35)36)22-30(40)38(21-24-15-17-26(33)18-16-24)29(19-23-9-4-2-5-10-23)31(41)37-27-12-6-3-7-13-27/h2,4-5,8-11,14-18,20,27,29H,3,6-7,12-13,19,21-22H2,1H3,(H,37,41)/t29-/m1/s1. The number of carbonyl (C=O) groups is 2. The Morgan fingerprint density at radius 3 is 2.20 bits per heavy atom. The van der Waals surface area contributed by atoms with E-state index in [2.05, 4.69) is 5.32 Å². The van der Waals surface area contributed by atoms with Crippen molar-refractivity contribution < 1.29 is 31.2 Å². The SMILES string of the molecule is CS(=O)(=O)N(CC(=O)N(Cc1ccc(Cl)cc1)[C@H](Cc1ccccc1)C(=O)NC1CCCCC1)c1cccc(C(F)(F)F)c1. The van der Waals surface area contributed by atoms with Gasteiger partial charge in [0, 0.05) is 24.0 Å². The minimum absolute atomic E-state index is 0.0559. The van der Waals surface area contributed by atoms with Gasteiger partial charge in [-0.05, 0) is 54.3 Å². The van der Waals surface area contributed by atoms with Crippen LogP contribution in [0, 0.1) is 0 Å². The van der Waals surface area contributed by atoms with Gasteiger partial charge in [0.25, 0.3) is 0 Å². The zero-order chi connectivity index (χ0) is 31.9. The van der Waals surface area contributed by atoms with E-state index in [0.717, 1.165) is 56.1 Å². The average molecular weight is 650 g/mol. The first-order valence-corrected chi connectivity index (χ1v) is 16.6. The van der Waals surface area contributed by atoms with Crippen LogP contribution >= 0.6 is 11.6 Å². The van der Waals surface area contributed by atoms with Gasteiger partial charge in [0.2, 0.25) is 21.8 Å². The van der Waals surface area contributed by atoms with Crippen LogP contribution in [0.1, 0.15) is 48.8 Å². The Kier molecular flexibility index (Phi) is 11.0. The van der Waals surface area contributed by atoms with Crippen LogP contribution in [0.5, 0.6) is 0 Å². The molecule has 7 nitrogen and oxygen atoms in total. The normalized spacial score (nSPS) is 14.9. The molecule has 0 aliphatic heterocycles. The van der Waals surface area contributed by atoms with E-state index in [1.807, 2.05) is 30.3 Å². The Bertz CT molecular complexity index is 1530. The van der Waals surface area contributed by atoms with Gasteiger partial charge in [0.15, 0.2) is 0 Å². The van der Waals surface area contributed by atoms with Crippen LogP contribution in [0.25, 0.3) is 0 Å². The zero-order valence-corrected chi connectivity index (χ0v) is 25.8. The Morgan fingerprint density at radius 1 is 0.932 bits per heavy atom. The van der Waals surface area contributed by atoms with Gasteiger partial charge >= 0.3 is 6.18 Å². The van der Waals surface area contributed by atoms with Crippen LogP contribution in [0.4, 0.5) is 18.9 Å². The maximum atomic E-state index is 14.1. The summed E-state index contributed by atoms with van der Waals surface area (Å²) in [7, 11) is -4.21. The molecule has 0 saturated heterocycles. The monoisotopic (exact) mass is 649 g/mol. The number of halogens is 4. The van der Waals surface area contributed by atoms with Crippen LogP contribution in [0.2, 0.25) is 5.02 Å². The van der Waals surface area contributed by atoms with E-state index >= 15 is 0 Å². The van der Waals surface area contributed by atoms with Gasteiger partial charge in [0.1, 0.15) is 12.6 Å². The number of nitrogens with zero attached hydrogens (tertiary/aromatic N) is 2. The van der Waals surface area contributed by atoms with Crippen molar-refractivity contribution in [1.29, 1.82) is 0 Å². The molecule has 2 amide bonds. The van der Waals surface area contributed by atoms with Crippen molar-refractivity contribution >= 4 is 39.1 Å². The Hall–Kier alpha value is -3.57. The first-order chi connectivity index (χ1) is 20.8. The molecule has 1 aliphatic rings. The van der Waals surface area contributed by atoms with Gasteiger partial charge in [-0.3, -0.25) is 13.9 Å². The lowest BCUT2D eigenvalue weighted by Crippen LogP contribution is -2.55. The van der Waals surface area contributed by atoms with E-state index in [1.165, 1.54) is 11.0 Å². The van der Waals surface area contributed by atoms with Gasteiger partial charge in [-0.15, -0.1) is 0 Å². The van der Waals surface area contributed by atoms with Crippen molar-refractivity contribution in [2.75, 3.05) is 17.1 Å². The van der Waals surface area contributed by atoms with Gasteiger partial charge in [0.05, 0.1) is 17.5 Å². The molecule has 1 aliphatic carbocycles. The Balaban J connectivity index is 1.73. The topological polar surface area (TPSA) is 86.8 Å². The highest BCUT2D eigenvalue weighted by Crippen LogP contribution is 2.32. The summed E-state index contributed by atoms with van der Waals surface area (Å²) in [4.78, 5) is 29.4. The summed E-state index contributed by atoms with van der Waals surface area (Å²) in [6, 6.07) is 18.5.